The highest BCUT2D eigenvalue weighted by atomic mass is 19.1. The molecule has 0 bridgehead atoms. The maximum Gasteiger partial charge on any atom is 0.129 e. The van der Waals surface area contributed by atoms with Gasteiger partial charge in [0.25, 0.3) is 0 Å². The van der Waals surface area contributed by atoms with Crippen molar-refractivity contribution >= 4 is 0 Å². The Kier molecular flexibility index (Phi) is 3.97. The van der Waals surface area contributed by atoms with Gasteiger partial charge in [0, 0.05) is 12.1 Å². The van der Waals surface area contributed by atoms with Gasteiger partial charge in [-0.2, -0.15) is 0 Å². The van der Waals surface area contributed by atoms with E-state index in [2.05, 4.69) is 11.9 Å². The first-order chi connectivity index (χ1) is 7.04. The van der Waals surface area contributed by atoms with E-state index < -0.39 is 11.6 Å². The van der Waals surface area contributed by atoms with E-state index in [0.717, 1.165) is 11.6 Å². The Morgan fingerprint density at radius 2 is 2.13 bits per heavy atom. The fourth-order valence-corrected chi connectivity index (χ4v) is 1.43. The number of hydrogen-bond donors (Lipinski definition) is 1. The average molecular weight is 211 g/mol. The first kappa shape index (κ1) is 11.9. The molecule has 82 valence electrons. The maximum atomic E-state index is 13.3. The normalized spacial score (nSPS) is 12.5. The second kappa shape index (κ2) is 5.03. The molecule has 0 aromatic heterocycles. The first-order valence-corrected chi connectivity index (χ1v) is 4.81. The molecule has 1 rings (SSSR count). The van der Waals surface area contributed by atoms with Crippen LogP contribution in [0, 0.1) is 11.6 Å². The molecule has 0 aliphatic rings. The van der Waals surface area contributed by atoms with E-state index in [-0.39, 0.29) is 6.04 Å². The van der Waals surface area contributed by atoms with Crippen LogP contribution in [0.5, 0.6) is 0 Å². The van der Waals surface area contributed by atoms with Gasteiger partial charge in [-0.15, -0.1) is 0 Å². The van der Waals surface area contributed by atoms with Crippen molar-refractivity contribution < 1.29 is 8.78 Å². The molecule has 1 unspecified atom stereocenters. The highest BCUT2D eigenvalue weighted by molar-refractivity contribution is 5.21. The van der Waals surface area contributed by atoms with Crippen LogP contribution < -0.4 is 5.32 Å². The fourth-order valence-electron chi connectivity index (χ4n) is 1.43. The van der Waals surface area contributed by atoms with Gasteiger partial charge in [-0.05, 0) is 32.0 Å². The van der Waals surface area contributed by atoms with E-state index in [4.69, 9.17) is 0 Å². The summed E-state index contributed by atoms with van der Waals surface area (Å²) in [5, 5.41) is 3.03. The molecular weight excluding hydrogens is 196 g/mol. The topological polar surface area (TPSA) is 12.0 Å². The summed E-state index contributed by atoms with van der Waals surface area (Å²) in [4.78, 5) is 0. The van der Waals surface area contributed by atoms with Crippen molar-refractivity contribution in [1.82, 2.24) is 5.32 Å². The molecule has 0 aliphatic heterocycles. The zero-order valence-electron chi connectivity index (χ0n) is 8.98. The summed E-state index contributed by atoms with van der Waals surface area (Å²) in [5.41, 5.74) is 1.43. The monoisotopic (exact) mass is 211 g/mol. The van der Waals surface area contributed by atoms with E-state index in [1.54, 1.807) is 7.05 Å². The van der Waals surface area contributed by atoms with Crippen LogP contribution in [0.2, 0.25) is 0 Å². The van der Waals surface area contributed by atoms with Gasteiger partial charge in [0.2, 0.25) is 0 Å². The van der Waals surface area contributed by atoms with Gasteiger partial charge in [0.15, 0.2) is 0 Å². The minimum atomic E-state index is -0.549. The lowest BCUT2D eigenvalue weighted by Crippen LogP contribution is -2.28. The van der Waals surface area contributed by atoms with E-state index in [9.17, 15) is 8.78 Å². The molecule has 3 heteroatoms. The van der Waals surface area contributed by atoms with Crippen molar-refractivity contribution in [3.8, 4) is 0 Å². The number of rotatable bonds is 4. The molecule has 1 aromatic carbocycles. The standard InChI is InChI=1S/C12H15F2N/c1-8(2)12(15-3)6-9-4-5-10(13)7-11(9)14/h4-5,7,12,15H,1,6H2,2-3H3. The Labute approximate surface area is 88.8 Å². The number of halogens is 2. The fraction of sp³-hybridized carbons (Fsp3) is 0.333. The summed E-state index contributed by atoms with van der Waals surface area (Å²) in [6.07, 6.45) is 0.484. The second-order valence-electron chi connectivity index (χ2n) is 3.63. The highest BCUT2D eigenvalue weighted by Crippen LogP contribution is 2.13. The number of benzene rings is 1. The molecule has 0 fully saturated rings. The molecule has 1 atom stereocenters. The predicted octanol–water partition coefficient (Wildman–Crippen LogP) is 2.67. The molecule has 0 saturated carbocycles. The second-order valence-corrected chi connectivity index (χ2v) is 3.63. The molecular formula is C12H15F2N. The van der Waals surface area contributed by atoms with Gasteiger partial charge < -0.3 is 5.32 Å². The van der Waals surface area contributed by atoms with Gasteiger partial charge in [-0.25, -0.2) is 8.78 Å². The lowest BCUT2D eigenvalue weighted by atomic mass is 10.0. The van der Waals surface area contributed by atoms with E-state index in [1.165, 1.54) is 12.1 Å². The van der Waals surface area contributed by atoms with Crippen LogP contribution >= 0.6 is 0 Å². The van der Waals surface area contributed by atoms with Gasteiger partial charge in [0.1, 0.15) is 11.6 Å². The van der Waals surface area contributed by atoms with Crippen LogP contribution in [0.3, 0.4) is 0 Å². The van der Waals surface area contributed by atoms with E-state index in [0.29, 0.717) is 12.0 Å². The van der Waals surface area contributed by atoms with Crippen molar-refractivity contribution in [1.29, 1.82) is 0 Å². The van der Waals surface area contributed by atoms with Crippen LogP contribution in [0.25, 0.3) is 0 Å². The Bertz CT molecular complexity index is 361. The molecule has 0 saturated heterocycles. The van der Waals surface area contributed by atoms with Crippen molar-refractivity contribution in [3.63, 3.8) is 0 Å². The Hall–Kier alpha value is -1.22. The smallest absolute Gasteiger partial charge is 0.129 e. The molecule has 1 nitrogen and oxygen atoms in total. The number of likely N-dealkylation sites (N-methyl/N-ethyl adjacent to an activating group) is 1. The minimum Gasteiger partial charge on any atom is -0.313 e. The van der Waals surface area contributed by atoms with Crippen LogP contribution in [0.15, 0.2) is 30.4 Å². The summed E-state index contributed by atoms with van der Waals surface area (Å²) in [5.74, 6) is -1.05. The van der Waals surface area contributed by atoms with Crippen molar-refractivity contribution in [2.24, 2.45) is 0 Å². The van der Waals surface area contributed by atoms with Gasteiger partial charge in [-0.1, -0.05) is 18.2 Å². The molecule has 0 aliphatic carbocycles. The largest absolute Gasteiger partial charge is 0.313 e. The third-order valence-electron chi connectivity index (χ3n) is 2.38. The molecule has 0 heterocycles. The van der Waals surface area contributed by atoms with E-state index >= 15 is 0 Å². The van der Waals surface area contributed by atoms with Gasteiger partial charge in [0.05, 0.1) is 0 Å². The first-order valence-electron chi connectivity index (χ1n) is 4.81. The number of nitrogens with one attached hydrogen (secondary N) is 1. The third kappa shape index (κ3) is 3.13. The SMILES string of the molecule is C=C(C)C(Cc1ccc(F)cc1F)NC. The maximum absolute atomic E-state index is 13.3. The van der Waals surface area contributed by atoms with Crippen LogP contribution in [-0.4, -0.2) is 13.1 Å². The zero-order valence-corrected chi connectivity index (χ0v) is 8.98. The summed E-state index contributed by atoms with van der Waals surface area (Å²) in [7, 11) is 1.79. The number of hydrogen-bond acceptors (Lipinski definition) is 1. The Morgan fingerprint density at radius 1 is 1.47 bits per heavy atom. The lowest BCUT2D eigenvalue weighted by molar-refractivity contribution is 0.554. The quantitative estimate of drug-likeness (QED) is 0.755. The van der Waals surface area contributed by atoms with E-state index in [1.807, 2.05) is 6.92 Å². The van der Waals surface area contributed by atoms with Gasteiger partial charge in [-0.3, -0.25) is 0 Å². The Balaban J connectivity index is 2.84. The molecule has 0 radical (unpaired) electrons. The molecule has 15 heavy (non-hydrogen) atoms. The summed E-state index contributed by atoms with van der Waals surface area (Å²) < 4.78 is 26.0. The minimum absolute atomic E-state index is 0.0185. The van der Waals surface area contributed by atoms with Crippen molar-refractivity contribution in [3.05, 3.63) is 47.5 Å². The molecule has 1 aromatic rings. The summed E-state index contributed by atoms with van der Waals surface area (Å²) in [6, 6.07) is 3.66. The summed E-state index contributed by atoms with van der Waals surface area (Å²) in [6.45, 7) is 5.69. The summed E-state index contributed by atoms with van der Waals surface area (Å²) >= 11 is 0. The predicted molar refractivity (Wildman–Crippen MR) is 57.7 cm³/mol. The van der Waals surface area contributed by atoms with Gasteiger partial charge >= 0.3 is 0 Å². The Morgan fingerprint density at radius 3 is 2.60 bits per heavy atom. The molecule has 1 N–H and O–H groups in total. The third-order valence-corrected chi connectivity index (χ3v) is 2.38. The highest BCUT2D eigenvalue weighted by Gasteiger charge is 2.11. The lowest BCUT2D eigenvalue weighted by Gasteiger charge is -2.16. The average Bonchev–Trinajstić information content (AvgIpc) is 2.16. The van der Waals surface area contributed by atoms with Crippen LogP contribution in [0.4, 0.5) is 8.78 Å². The molecule has 0 amide bonds. The van der Waals surface area contributed by atoms with Crippen molar-refractivity contribution in [2.75, 3.05) is 7.05 Å². The van der Waals surface area contributed by atoms with Crippen LogP contribution in [-0.2, 0) is 6.42 Å². The van der Waals surface area contributed by atoms with Crippen LogP contribution in [0.1, 0.15) is 12.5 Å². The van der Waals surface area contributed by atoms with Crippen molar-refractivity contribution in [2.45, 2.75) is 19.4 Å². The zero-order chi connectivity index (χ0) is 11.4. The molecule has 0 spiro atoms.